The fraction of sp³-hybridized carbons (Fsp3) is 0.125. The van der Waals surface area contributed by atoms with Crippen molar-refractivity contribution in [2.45, 2.75) is 17.8 Å². The van der Waals surface area contributed by atoms with Crippen molar-refractivity contribution in [2.24, 2.45) is 0 Å². The van der Waals surface area contributed by atoms with Crippen LogP contribution in [0.4, 0.5) is 20.6 Å². The molecule has 3 aromatic carbocycles. The van der Waals surface area contributed by atoms with Crippen LogP contribution in [-0.2, 0) is 11.3 Å². The van der Waals surface area contributed by atoms with Gasteiger partial charge in [0.05, 0.1) is 16.0 Å². The molecule has 3 N–H and O–H groups in total. The summed E-state index contributed by atoms with van der Waals surface area (Å²) in [5, 5.41) is 8.26. The number of thiazole rings is 1. The molecule has 0 saturated carbocycles. The van der Waals surface area contributed by atoms with Gasteiger partial charge in [-0.25, -0.2) is 14.2 Å². The summed E-state index contributed by atoms with van der Waals surface area (Å²) in [6.07, 6.45) is 0. The van der Waals surface area contributed by atoms with Crippen LogP contribution in [0, 0.1) is 12.7 Å². The van der Waals surface area contributed by atoms with E-state index in [-0.39, 0.29) is 17.5 Å². The zero-order valence-electron chi connectivity index (χ0n) is 17.7. The number of nitrogens with zero attached hydrogens (tertiary/aromatic N) is 1. The van der Waals surface area contributed by atoms with Crippen LogP contribution in [0.15, 0.2) is 71.1 Å². The van der Waals surface area contributed by atoms with Gasteiger partial charge in [0, 0.05) is 17.9 Å². The van der Waals surface area contributed by atoms with Gasteiger partial charge < -0.3 is 16.0 Å². The van der Waals surface area contributed by atoms with Crippen molar-refractivity contribution >= 4 is 56.6 Å². The molecule has 0 spiro atoms. The zero-order valence-corrected chi connectivity index (χ0v) is 19.4. The highest BCUT2D eigenvalue weighted by atomic mass is 32.2. The summed E-state index contributed by atoms with van der Waals surface area (Å²) in [5.74, 6) is -0.167. The predicted molar refractivity (Wildman–Crippen MR) is 132 cm³/mol. The van der Waals surface area contributed by atoms with E-state index in [1.165, 1.54) is 29.2 Å². The summed E-state index contributed by atoms with van der Waals surface area (Å²) in [5.41, 5.74) is 3.32. The van der Waals surface area contributed by atoms with Gasteiger partial charge in [0.25, 0.3) is 0 Å². The van der Waals surface area contributed by atoms with E-state index < -0.39 is 6.03 Å². The van der Waals surface area contributed by atoms with E-state index in [0.717, 1.165) is 20.1 Å². The van der Waals surface area contributed by atoms with Crippen molar-refractivity contribution < 1.29 is 14.0 Å². The summed E-state index contributed by atoms with van der Waals surface area (Å²) in [6, 6.07) is 19.2. The fourth-order valence-electron chi connectivity index (χ4n) is 2.98. The molecule has 0 aliphatic heterocycles. The first-order valence-corrected chi connectivity index (χ1v) is 11.9. The minimum absolute atomic E-state index is 0.0605. The van der Waals surface area contributed by atoms with Crippen LogP contribution >= 0.6 is 23.1 Å². The molecule has 0 radical (unpaired) electrons. The Morgan fingerprint density at radius 2 is 1.73 bits per heavy atom. The van der Waals surface area contributed by atoms with Crippen LogP contribution in [0.5, 0.6) is 0 Å². The maximum Gasteiger partial charge on any atom is 0.323 e. The number of amides is 3. The van der Waals surface area contributed by atoms with Crippen LogP contribution in [0.1, 0.15) is 11.1 Å². The van der Waals surface area contributed by atoms with Gasteiger partial charge in [-0.2, -0.15) is 0 Å². The minimum Gasteiger partial charge on any atom is -0.351 e. The Bertz CT molecular complexity index is 1290. The molecular formula is C24H21FN4O2S2. The number of fused-ring (bicyclic) bond motifs is 1. The lowest BCUT2D eigenvalue weighted by molar-refractivity contribution is -0.118. The zero-order chi connectivity index (χ0) is 23.2. The standard InChI is InChI=1S/C24H21FN4O2S2/c1-15-7-8-17(11-19(15)25)27-23(31)28-18-9-10-20-21(12-18)33-24(29-20)32-14-22(30)26-13-16-5-3-2-4-6-16/h2-12H,13-14H2,1H3,(H,26,30)(H2,27,28,31). The maximum absolute atomic E-state index is 13.7. The second-order valence-corrected chi connectivity index (χ2v) is 9.51. The van der Waals surface area contributed by atoms with Crippen molar-refractivity contribution in [1.82, 2.24) is 10.3 Å². The van der Waals surface area contributed by atoms with Crippen molar-refractivity contribution in [2.75, 3.05) is 16.4 Å². The van der Waals surface area contributed by atoms with Crippen molar-refractivity contribution in [3.8, 4) is 0 Å². The molecule has 1 heterocycles. The molecule has 0 aliphatic carbocycles. The SMILES string of the molecule is Cc1ccc(NC(=O)Nc2ccc3nc(SCC(=O)NCc4ccccc4)sc3c2)cc1F. The number of carbonyl (C=O) groups excluding carboxylic acids is 2. The summed E-state index contributed by atoms with van der Waals surface area (Å²) >= 11 is 2.83. The fourth-order valence-corrected chi connectivity index (χ4v) is 4.92. The molecule has 33 heavy (non-hydrogen) atoms. The predicted octanol–water partition coefficient (Wildman–Crippen LogP) is 5.80. The molecule has 4 aromatic rings. The number of halogens is 1. The Balaban J connectivity index is 1.31. The highest BCUT2D eigenvalue weighted by molar-refractivity contribution is 8.01. The van der Waals surface area contributed by atoms with Crippen LogP contribution in [0.2, 0.25) is 0 Å². The summed E-state index contributed by atoms with van der Waals surface area (Å²) < 4.78 is 15.3. The molecule has 1 aromatic heterocycles. The molecule has 4 rings (SSSR count). The third kappa shape index (κ3) is 6.30. The topological polar surface area (TPSA) is 83.1 Å². The quantitative estimate of drug-likeness (QED) is 0.292. The van der Waals surface area contributed by atoms with Gasteiger partial charge in [-0.15, -0.1) is 11.3 Å². The average molecular weight is 481 g/mol. The number of hydrogen-bond acceptors (Lipinski definition) is 5. The number of nitrogens with one attached hydrogen (secondary N) is 3. The lowest BCUT2D eigenvalue weighted by Gasteiger charge is -2.08. The van der Waals surface area contributed by atoms with Gasteiger partial charge in [0.2, 0.25) is 5.91 Å². The third-order valence-electron chi connectivity index (χ3n) is 4.72. The molecule has 0 saturated heterocycles. The number of urea groups is 1. The van der Waals surface area contributed by atoms with Crippen LogP contribution < -0.4 is 16.0 Å². The number of carbonyl (C=O) groups is 2. The van der Waals surface area contributed by atoms with Gasteiger partial charge in [-0.05, 0) is 48.4 Å². The van der Waals surface area contributed by atoms with Gasteiger partial charge in [-0.1, -0.05) is 48.2 Å². The molecule has 168 valence electrons. The number of hydrogen-bond donors (Lipinski definition) is 3. The largest absolute Gasteiger partial charge is 0.351 e. The summed E-state index contributed by atoms with van der Waals surface area (Å²) in [6.45, 7) is 2.15. The highest BCUT2D eigenvalue weighted by Crippen LogP contribution is 2.31. The maximum atomic E-state index is 13.7. The molecule has 0 unspecified atom stereocenters. The van der Waals surface area contributed by atoms with Gasteiger partial charge >= 0.3 is 6.03 Å². The van der Waals surface area contributed by atoms with Crippen molar-refractivity contribution in [1.29, 1.82) is 0 Å². The molecule has 0 fully saturated rings. The number of aryl methyl sites for hydroxylation is 1. The Labute approximate surface area is 198 Å². The van der Waals surface area contributed by atoms with Gasteiger partial charge in [0.15, 0.2) is 4.34 Å². The molecule has 0 bridgehead atoms. The lowest BCUT2D eigenvalue weighted by Crippen LogP contribution is -2.24. The smallest absolute Gasteiger partial charge is 0.323 e. The van der Waals surface area contributed by atoms with Crippen molar-refractivity contribution in [3.05, 3.63) is 83.7 Å². The molecule has 3 amide bonds. The third-order valence-corrected chi connectivity index (χ3v) is 6.88. The molecule has 0 aliphatic rings. The van der Waals surface area contributed by atoms with E-state index in [1.54, 1.807) is 25.1 Å². The Hall–Kier alpha value is -3.43. The van der Waals surface area contributed by atoms with Crippen LogP contribution in [0.25, 0.3) is 10.2 Å². The van der Waals surface area contributed by atoms with Gasteiger partial charge in [0.1, 0.15) is 5.82 Å². The van der Waals surface area contributed by atoms with E-state index >= 15 is 0 Å². The van der Waals surface area contributed by atoms with E-state index in [9.17, 15) is 14.0 Å². The Morgan fingerprint density at radius 1 is 1.00 bits per heavy atom. The molecule has 6 nitrogen and oxygen atoms in total. The van der Waals surface area contributed by atoms with Crippen LogP contribution in [0.3, 0.4) is 0 Å². The van der Waals surface area contributed by atoms with E-state index in [1.807, 2.05) is 42.5 Å². The Morgan fingerprint density at radius 3 is 2.48 bits per heavy atom. The Kier molecular flexibility index (Phi) is 7.21. The molecular weight excluding hydrogens is 459 g/mol. The average Bonchev–Trinajstić information content (AvgIpc) is 3.21. The monoisotopic (exact) mass is 480 g/mol. The van der Waals surface area contributed by atoms with E-state index in [2.05, 4.69) is 20.9 Å². The van der Waals surface area contributed by atoms with E-state index in [4.69, 9.17) is 0 Å². The number of aromatic nitrogens is 1. The normalized spacial score (nSPS) is 10.7. The first-order chi connectivity index (χ1) is 16.0. The number of rotatable bonds is 7. The van der Waals surface area contributed by atoms with Crippen molar-refractivity contribution in [3.63, 3.8) is 0 Å². The molecule has 0 atom stereocenters. The number of thioether (sulfide) groups is 1. The van der Waals surface area contributed by atoms with E-state index in [0.29, 0.717) is 23.5 Å². The number of benzene rings is 3. The summed E-state index contributed by atoms with van der Waals surface area (Å²) in [4.78, 5) is 28.9. The first-order valence-electron chi connectivity index (χ1n) is 10.1. The lowest BCUT2D eigenvalue weighted by atomic mass is 10.2. The highest BCUT2D eigenvalue weighted by Gasteiger charge is 2.10. The molecule has 9 heteroatoms. The second kappa shape index (κ2) is 10.5. The minimum atomic E-state index is -0.466. The van der Waals surface area contributed by atoms with Crippen LogP contribution in [-0.4, -0.2) is 22.7 Å². The number of anilines is 2. The second-order valence-electron chi connectivity index (χ2n) is 7.26. The first kappa shape index (κ1) is 22.8. The summed E-state index contributed by atoms with van der Waals surface area (Å²) in [7, 11) is 0. The van der Waals surface area contributed by atoms with Gasteiger partial charge in [-0.3, -0.25) is 4.79 Å².